The lowest BCUT2D eigenvalue weighted by Crippen LogP contribution is -2.50. The first-order valence-corrected chi connectivity index (χ1v) is 5.90. The van der Waals surface area contributed by atoms with Crippen LogP contribution in [0.15, 0.2) is 22.8 Å². The molecule has 1 unspecified atom stereocenters. The van der Waals surface area contributed by atoms with Gasteiger partial charge >= 0.3 is 0 Å². The summed E-state index contributed by atoms with van der Waals surface area (Å²) in [5.41, 5.74) is 0. The molecule has 0 spiro atoms. The zero-order chi connectivity index (χ0) is 12.3. The van der Waals surface area contributed by atoms with Crippen LogP contribution in [0.25, 0.3) is 0 Å². The van der Waals surface area contributed by atoms with E-state index in [-0.39, 0.29) is 12.0 Å². The van der Waals surface area contributed by atoms with E-state index in [4.69, 9.17) is 4.42 Å². The van der Waals surface area contributed by atoms with Crippen LogP contribution in [0.4, 0.5) is 0 Å². The molecule has 1 aliphatic heterocycles. The topological polar surface area (TPSA) is 56.9 Å². The van der Waals surface area contributed by atoms with E-state index in [0.717, 1.165) is 13.1 Å². The third-order valence-electron chi connectivity index (χ3n) is 2.91. The number of furan rings is 1. The highest BCUT2D eigenvalue weighted by Crippen LogP contribution is 2.09. The van der Waals surface area contributed by atoms with Crippen LogP contribution in [0.5, 0.6) is 0 Å². The molecule has 5 nitrogen and oxygen atoms in total. The van der Waals surface area contributed by atoms with E-state index in [0.29, 0.717) is 25.4 Å². The number of carbonyl (C=O) groups is 1. The Balaban J connectivity index is 1.85. The van der Waals surface area contributed by atoms with Gasteiger partial charge < -0.3 is 14.4 Å². The highest BCUT2D eigenvalue weighted by atomic mass is 16.3. The van der Waals surface area contributed by atoms with Crippen LogP contribution in [-0.4, -0.2) is 59.6 Å². The predicted octanol–water partition coefficient (Wildman–Crippen LogP) is 0.418. The third kappa shape index (κ3) is 3.08. The number of hydrogen-bond acceptors (Lipinski definition) is 4. The molecule has 5 heteroatoms. The molecule has 0 bridgehead atoms. The molecule has 0 saturated carbocycles. The lowest BCUT2D eigenvalue weighted by Gasteiger charge is -2.34. The first-order chi connectivity index (χ1) is 8.16. The molecule has 2 heterocycles. The van der Waals surface area contributed by atoms with E-state index in [9.17, 15) is 9.90 Å². The molecule has 1 saturated heterocycles. The Labute approximate surface area is 101 Å². The van der Waals surface area contributed by atoms with Gasteiger partial charge in [0.2, 0.25) is 0 Å². The van der Waals surface area contributed by atoms with Crippen molar-refractivity contribution in [3.8, 4) is 0 Å². The van der Waals surface area contributed by atoms with Gasteiger partial charge in [0.25, 0.3) is 5.91 Å². The van der Waals surface area contributed by atoms with Gasteiger partial charge in [-0.25, -0.2) is 0 Å². The van der Waals surface area contributed by atoms with Gasteiger partial charge in [-0.1, -0.05) is 0 Å². The second kappa shape index (κ2) is 5.33. The molecule has 1 aliphatic rings. The lowest BCUT2D eigenvalue weighted by atomic mass is 10.2. The summed E-state index contributed by atoms with van der Waals surface area (Å²) in [6, 6.07) is 3.40. The molecular formula is C12H18N2O3. The van der Waals surface area contributed by atoms with Crippen molar-refractivity contribution in [3.05, 3.63) is 24.2 Å². The average molecular weight is 238 g/mol. The van der Waals surface area contributed by atoms with E-state index in [1.165, 1.54) is 6.26 Å². The largest absolute Gasteiger partial charge is 0.459 e. The van der Waals surface area contributed by atoms with E-state index in [1.54, 1.807) is 24.0 Å². The molecule has 0 aliphatic carbocycles. The maximum Gasteiger partial charge on any atom is 0.289 e. The van der Waals surface area contributed by atoms with Crippen LogP contribution in [0.2, 0.25) is 0 Å². The SMILES string of the molecule is CC(O)CN1CCN(C(=O)c2ccco2)CC1. The molecular weight excluding hydrogens is 220 g/mol. The Bertz CT molecular complexity index is 354. The van der Waals surface area contributed by atoms with Gasteiger partial charge in [0.1, 0.15) is 0 Å². The van der Waals surface area contributed by atoms with Gasteiger partial charge in [-0.3, -0.25) is 9.69 Å². The summed E-state index contributed by atoms with van der Waals surface area (Å²) in [5, 5.41) is 9.29. The van der Waals surface area contributed by atoms with Crippen LogP contribution in [0.3, 0.4) is 0 Å². The molecule has 94 valence electrons. The van der Waals surface area contributed by atoms with Crippen LogP contribution in [0.1, 0.15) is 17.5 Å². The number of carbonyl (C=O) groups excluding carboxylic acids is 1. The molecule has 1 atom stereocenters. The summed E-state index contributed by atoms with van der Waals surface area (Å²) >= 11 is 0. The summed E-state index contributed by atoms with van der Waals surface area (Å²) in [5.74, 6) is 0.348. The predicted molar refractivity (Wildman–Crippen MR) is 62.7 cm³/mol. The fourth-order valence-corrected chi connectivity index (χ4v) is 2.06. The van der Waals surface area contributed by atoms with E-state index in [2.05, 4.69) is 4.90 Å². The van der Waals surface area contributed by atoms with Crippen molar-refractivity contribution < 1.29 is 14.3 Å². The maximum atomic E-state index is 12.0. The average Bonchev–Trinajstić information content (AvgIpc) is 2.82. The molecule has 2 rings (SSSR count). The maximum absolute atomic E-state index is 12.0. The van der Waals surface area contributed by atoms with Crippen LogP contribution in [-0.2, 0) is 0 Å². The molecule has 1 fully saturated rings. The Morgan fingerprint density at radius 1 is 1.47 bits per heavy atom. The molecule has 1 N–H and O–H groups in total. The van der Waals surface area contributed by atoms with Gasteiger partial charge in [0, 0.05) is 32.7 Å². The second-order valence-electron chi connectivity index (χ2n) is 4.42. The number of nitrogens with zero attached hydrogens (tertiary/aromatic N) is 2. The van der Waals surface area contributed by atoms with Gasteiger partial charge in [-0.05, 0) is 19.1 Å². The standard InChI is InChI=1S/C12H18N2O3/c1-10(15)9-13-4-6-14(7-5-13)12(16)11-3-2-8-17-11/h2-3,8,10,15H,4-7,9H2,1H3. The molecule has 1 amide bonds. The number of hydrogen-bond donors (Lipinski definition) is 1. The smallest absolute Gasteiger partial charge is 0.289 e. The Kier molecular flexibility index (Phi) is 3.81. The zero-order valence-electron chi connectivity index (χ0n) is 10.0. The van der Waals surface area contributed by atoms with E-state index >= 15 is 0 Å². The third-order valence-corrected chi connectivity index (χ3v) is 2.91. The number of amides is 1. The number of piperazine rings is 1. The highest BCUT2D eigenvalue weighted by Gasteiger charge is 2.23. The molecule has 0 radical (unpaired) electrons. The van der Waals surface area contributed by atoms with Crippen molar-refractivity contribution in [3.63, 3.8) is 0 Å². The second-order valence-corrected chi connectivity index (χ2v) is 4.42. The van der Waals surface area contributed by atoms with E-state index < -0.39 is 0 Å². The van der Waals surface area contributed by atoms with Crippen molar-refractivity contribution in [1.29, 1.82) is 0 Å². The normalized spacial score (nSPS) is 19.3. The lowest BCUT2D eigenvalue weighted by molar-refractivity contribution is 0.0528. The quantitative estimate of drug-likeness (QED) is 0.829. The summed E-state index contributed by atoms with van der Waals surface area (Å²) in [6.07, 6.45) is 1.19. The van der Waals surface area contributed by atoms with Crippen molar-refractivity contribution >= 4 is 5.91 Å². The summed E-state index contributed by atoms with van der Waals surface area (Å²) in [4.78, 5) is 15.9. The molecule has 1 aromatic heterocycles. The fourth-order valence-electron chi connectivity index (χ4n) is 2.06. The van der Waals surface area contributed by atoms with Gasteiger partial charge in [0.15, 0.2) is 5.76 Å². The summed E-state index contributed by atoms with van der Waals surface area (Å²) in [6.45, 7) is 5.43. The van der Waals surface area contributed by atoms with Crippen molar-refractivity contribution in [2.45, 2.75) is 13.0 Å². The van der Waals surface area contributed by atoms with Crippen LogP contribution in [0, 0.1) is 0 Å². The number of β-amino-alcohol motifs (C(OH)–C–C–N with tert-alkyl or cyclic N) is 1. The van der Waals surface area contributed by atoms with Gasteiger partial charge in [-0.15, -0.1) is 0 Å². The minimum Gasteiger partial charge on any atom is -0.459 e. The molecule has 0 aromatic carbocycles. The number of aliphatic hydroxyl groups is 1. The minimum absolute atomic E-state index is 0.0494. The Hall–Kier alpha value is -1.33. The van der Waals surface area contributed by atoms with Crippen molar-refractivity contribution in [1.82, 2.24) is 9.80 Å². The highest BCUT2D eigenvalue weighted by molar-refractivity contribution is 5.91. The Morgan fingerprint density at radius 2 is 2.18 bits per heavy atom. The summed E-state index contributed by atoms with van der Waals surface area (Å²) in [7, 11) is 0. The van der Waals surface area contributed by atoms with Crippen LogP contribution < -0.4 is 0 Å². The molecule has 1 aromatic rings. The summed E-state index contributed by atoms with van der Waals surface area (Å²) < 4.78 is 5.10. The first-order valence-electron chi connectivity index (χ1n) is 5.90. The van der Waals surface area contributed by atoms with E-state index in [1.807, 2.05) is 0 Å². The van der Waals surface area contributed by atoms with Crippen molar-refractivity contribution in [2.24, 2.45) is 0 Å². The number of rotatable bonds is 3. The van der Waals surface area contributed by atoms with Gasteiger partial charge in [-0.2, -0.15) is 0 Å². The minimum atomic E-state index is -0.317. The Morgan fingerprint density at radius 3 is 2.71 bits per heavy atom. The van der Waals surface area contributed by atoms with Crippen LogP contribution >= 0.6 is 0 Å². The zero-order valence-corrected chi connectivity index (χ0v) is 10.0. The van der Waals surface area contributed by atoms with Crippen molar-refractivity contribution in [2.75, 3.05) is 32.7 Å². The first kappa shape index (κ1) is 12.1. The fraction of sp³-hybridized carbons (Fsp3) is 0.583. The molecule has 17 heavy (non-hydrogen) atoms. The van der Waals surface area contributed by atoms with Gasteiger partial charge in [0.05, 0.1) is 12.4 Å². The monoisotopic (exact) mass is 238 g/mol. The number of aliphatic hydroxyl groups excluding tert-OH is 1.